The number of nitrogens with one attached hydrogen (secondary N) is 2. The molecule has 1 unspecified atom stereocenters. The summed E-state index contributed by atoms with van der Waals surface area (Å²) in [6.07, 6.45) is 1.26. The molecular formula is C6H9N2O2. The Morgan fingerprint density at radius 1 is 1.50 bits per heavy atom. The van der Waals surface area contributed by atoms with E-state index in [1.165, 1.54) is 0 Å². The highest BCUT2D eigenvalue weighted by molar-refractivity contribution is 6.04. The van der Waals surface area contributed by atoms with Crippen LogP contribution in [0.3, 0.4) is 0 Å². The molecule has 10 heavy (non-hydrogen) atoms. The molecule has 3 amide bonds. The number of hydrogen-bond acceptors (Lipinski definition) is 2. The van der Waals surface area contributed by atoms with Crippen LogP contribution in [-0.2, 0) is 4.79 Å². The van der Waals surface area contributed by atoms with Crippen molar-refractivity contribution in [2.75, 3.05) is 0 Å². The van der Waals surface area contributed by atoms with Crippen LogP contribution in [0.4, 0.5) is 4.79 Å². The molecule has 2 N–H and O–H groups in total. The van der Waals surface area contributed by atoms with Crippen LogP contribution in [0.15, 0.2) is 0 Å². The van der Waals surface area contributed by atoms with E-state index in [2.05, 4.69) is 17.6 Å². The number of rotatable bonds is 2. The summed E-state index contributed by atoms with van der Waals surface area (Å²) in [7, 11) is 0. The lowest BCUT2D eigenvalue weighted by atomic mass is 10.2. The smallest absolute Gasteiger partial charge is 0.322 e. The first-order valence-electron chi connectivity index (χ1n) is 3.14. The highest BCUT2D eigenvalue weighted by Gasteiger charge is 2.27. The van der Waals surface area contributed by atoms with Gasteiger partial charge in [-0.3, -0.25) is 10.1 Å². The third kappa shape index (κ3) is 1.26. The molecule has 1 fully saturated rings. The summed E-state index contributed by atoms with van der Waals surface area (Å²) in [6, 6.07) is -0.756. The first kappa shape index (κ1) is 7.05. The van der Waals surface area contributed by atoms with E-state index in [4.69, 9.17) is 0 Å². The molecule has 4 nitrogen and oxygen atoms in total. The zero-order chi connectivity index (χ0) is 7.56. The minimum atomic E-state index is -0.400. The van der Waals surface area contributed by atoms with Crippen LogP contribution < -0.4 is 10.6 Å². The largest absolute Gasteiger partial charge is 0.326 e. The molecule has 1 saturated heterocycles. The van der Waals surface area contributed by atoms with Gasteiger partial charge in [-0.1, -0.05) is 13.3 Å². The maximum absolute atomic E-state index is 10.8. The first-order chi connectivity index (χ1) is 4.74. The topological polar surface area (TPSA) is 58.2 Å². The van der Waals surface area contributed by atoms with Gasteiger partial charge < -0.3 is 5.32 Å². The first-order valence-corrected chi connectivity index (χ1v) is 3.14. The van der Waals surface area contributed by atoms with Crippen LogP contribution in [0, 0.1) is 6.92 Å². The molecule has 1 aliphatic rings. The van der Waals surface area contributed by atoms with Crippen LogP contribution in [0.1, 0.15) is 12.8 Å². The van der Waals surface area contributed by atoms with Crippen LogP contribution >= 0.6 is 0 Å². The van der Waals surface area contributed by atoms with Gasteiger partial charge in [-0.15, -0.1) is 0 Å². The Hall–Kier alpha value is -1.06. The van der Waals surface area contributed by atoms with E-state index in [0.717, 1.165) is 0 Å². The quantitative estimate of drug-likeness (QED) is 0.523. The van der Waals surface area contributed by atoms with Crippen molar-refractivity contribution in [2.45, 2.75) is 18.9 Å². The number of urea groups is 1. The summed E-state index contributed by atoms with van der Waals surface area (Å²) >= 11 is 0. The molecule has 0 aromatic rings. The minimum Gasteiger partial charge on any atom is -0.326 e. The van der Waals surface area contributed by atoms with Crippen molar-refractivity contribution in [2.24, 2.45) is 0 Å². The standard InChI is InChI=1S/C6H9N2O2/c1-2-3-4-5(9)8-6(10)7-4/h4H,1-3H2,(H2,7,8,9,10). The number of imide groups is 1. The van der Waals surface area contributed by atoms with E-state index in [1.54, 1.807) is 0 Å². The van der Waals surface area contributed by atoms with Gasteiger partial charge in [0.1, 0.15) is 6.04 Å². The van der Waals surface area contributed by atoms with Gasteiger partial charge in [0.15, 0.2) is 0 Å². The van der Waals surface area contributed by atoms with E-state index in [-0.39, 0.29) is 11.9 Å². The van der Waals surface area contributed by atoms with Crippen molar-refractivity contribution in [1.29, 1.82) is 0 Å². The molecular weight excluding hydrogens is 132 g/mol. The van der Waals surface area contributed by atoms with Crippen LogP contribution in [0.5, 0.6) is 0 Å². The van der Waals surface area contributed by atoms with Crippen molar-refractivity contribution >= 4 is 11.9 Å². The molecule has 0 aliphatic carbocycles. The van der Waals surface area contributed by atoms with Crippen LogP contribution in [-0.4, -0.2) is 18.0 Å². The van der Waals surface area contributed by atoms with Crippen molar-refractivity contribution in [3.05, 3.63) is 6.92 Å². The summed E-state index contributed by atoms with van der Waals surface area (Å²) in [5.74, 6) is -0.242. The van der Waals surface area contributed by atoms with E-state index in [1.807, 2.05) is 0 Å². The van der Waals surface area contributed by atoms with Crippen LogP contribution in [0.25, 0.3) is 0 Å². The Balaban J connectivity index is 2.46. The van der Waals surface area contributed by atoms with Gasteiger partial charge in [0.25, 0.3) is 5.91 Å². The predicted molar refractivity (Wildman–Crippen MR) is 35.1 cm³/mol. The second kappa shape index (κ2) is 2.68. The van der Waals surface area contributed by atoms with Gasteiger partial charge in [-0.25, -0.2) is 4.79 Å². The van der Waals surface area contributed by atoms with Crippen molar-refractivity contribution in [3.8, 4) is 0 Å². The van der Waals surface area contributed by atoms with E-state index in [0.29, 0.717) is 12.8 Å². The fraction of sp³-hybridized carbons (Fsp3) is 0.500. The summed E-state index contributed by atoms with van der Waals surface area (Å²) < 4.78 is 0. The molecule has 1 radical (unpaired) electrons. The molecule has 0 saturated carbocycles. The van der Waals surface area contributed by atoms with Gasteiger partial charge >= 0.3 is 6.03 Å². The molecule has 0 aromatic heterocycles. The summed E-state index contributed by atoms with van der Waals surface area (Å²) in [4.78, 5) is 21.2. The Morgan fingerprint density at radius 3 is 2.60 bits per heavy atom. The Bertz CT molecular complexity index is 167. The lowest BCUT2D eigenvalue weighted by molar-refractivity contribution is -0.120. The zero-order valence-corrected chi connectivity index (χ0v) is 5.52. The van der Waals surface area contributed by atoms with E-state index in [9.17, 15) is 9.59 Å². The molecule has 0 aromatic carbocycles. The maximum atomic E-state index is 10.8. The van der Waals surface area contributed by atoms with Crippen molar-refractivity contribution in [3.63, 3.8) is 0 Å². The number of hydrogen-bond donors (Lipinski definition) is 2. The zero-order valence-electron chi connectivity index (χ0n) is 5.52. The average Bonchev–Trinajstić information content (AvgIpc) is 2.13. The average molecular weight is 141 g/mol. The molecule has 4 heteroatoms. The molecule has 1 rings (SSSR count). The summed E-state index contributed by atoms with van der Waals surface area (Å²) in [6.45, 7) is 3.58. The summed E-state index contributed by atoms with van der Waals surface area (Å²) in [5.41, 5.74) is 0. The second-order valence-corrected chi connectivity index (χ2v) is 2.16. The number of amides is 3. The molecule has 55 valence electrons. The molecule has 1 aliphatic heterocycles. The van der Waals surface area contributed by atoms with Gasteiger partial charge in [-0.2, -0.15) is 0 Å². The predicted octanol–water partition coefficient (Wildman–Crippen LogP) is -0.191. The van der Waals surface area contributed by atoms with Gasteiger partial charge in [0.05, 0.1) is 0 Å². The van der Waals surface area contributed by atoms with Gasteiger partial charge in [0.2, 0.25) is 0 Å². The monoisotopic (exact) mass is 141 g/mol. The van der Waals surface area contributed by atoms with E-state index < -0.39 is 6.03 Å². The fourth-order valence-electron chi connectivity index (χ4n) is 0.866. The Morgan fingerprint density at radius 2 is 2.20 bits per heavy atom. The molecule has 0 bridgehead atoms. The molecule has 1 heterocycles. The summed E-state index contributed by atoms with van der Waals surface area (Å²) in [5, 5.41) is 4.60. The lowest BCUT2D eigenvalue weighted by Crippen LogP contribution is -2.28. The Labute approximate surface area is 59.0 Å². The Kier molecular flexibility index (Phi) is 1.89. The van der Waals surface area contributed by atoms with Gasteiger partial charge in [0, 0.05) is 0 Å². The molecule has 0 spiro atoms. The number of carbonyl (C=O) groups is 2. The minimum absolute atomic E-state index is 0.242. The normalized spacial score (nSPS) is 24.3. The molecule has 1 atom stereocenters. The second-order valence-electron chi connectivity index (χ2n) is 2.16. The lowest BCUT2D eigenvalue weighted by Gasteiger charge is -2.01. The highest BCUT2D eigenvalue weighted by atomic mass is 16.2. The van der Waals surface area contributed by atoms with Crippen LogP contribution in [0.2, 0.25) is 0 Å². The van der Waals surface area contributed by atoms with Gasteiger partial charge in [-0.05, 0) is 6.42 Å². The highest BCUT2D eigenvalue weighted by Crippen LogP contribution is 2.00. The number of carbonyl (C=O) groups excluding carboxylic acids is 2. The fourth-order valence-corrected chi connectivity index (χ4v) is 0.866. The SMILES string of the molecule is [CH2]CCC1NC(=O)NC1=O. The third-order valence-corrected chi connectivity index (χ3v) is 1.35. The van der Waals surface area contributed by atoms with Crippen molar-refractivity contribution < 1.29 is 9.59 Å². The maximum Gasteiger partial charge on any atom is 0.322 e. The van der Waals surface area contributed by atoms with E-state index >= 15 is 0 Å². The van der Waals surface area contributed by atoms with Crippen molar-refractivity contribution in [1.82, 2.24) is 10.6 Å². The third-order valence-electron chi connectivity index (χ3n) is 1.35.